The zero-order chi connectivity index (χ0) is 15.3. The van der Waals surface area contributed by atoms with Crippen molar-refractivity contribution < 1.29 is 24.4 Å². The van der Waals surface area contributed by atoms with Crippen molar-refractivity contribution in [2.24, 2.45) is 0 Å². The molecule has 1 aromatic carbocycles. The van der Waals surface area contributed by atoms with Gasteiger partial charge in [-0.05, 0) is 19.1 Å². The summed E-state index contributed by atoms with van der Waals surface area (Å²) in [7, 11) is 1.32. The second-order valence-corrected chi connectivity index (χ2v) is 4.08. The molecule has 2 N–H and O–H groups in total. The minimum Gasteiger partial charge on any atom is -0.480 e. The highest BCUT2D eigenvalue weighted by molar-refractivity contribution is 5.97. The van der Waals surface area contributed by atoms with Crippen molar-refractivity contribution in [1.29, 1.82) is 0 Å². The predicted molar refractivity (Wildman–Crippen MR) is 68.6 cm³/mol. The molecule has 8 heteroatoms. The molecule has 0 saturated heterocycles. The summed E-state index contributed by atoms with van der Waals surface area (Å²) in [4.78, 5) is 32.9. The largest absolute Gasteiger partial charge is 0.480 e. The molecule has 20 heavy (non-hydrogen) atoms. The van der Waals surface area contributed by atoms with Crippen LogP contribution in [-0.4, -0.2) is 41.7 Å². The van der Waals surface area contributed by atoms with Gasteiger partial charge in [0.25, 0.3) is 11.6 Å². The Bertz CT molecular complexity index is 543. The van der Waals surface area contributed by atoms with E-state index in [1.165, 1.54) is 32.2 Å². The van der Waals surface area contributed by atoms with Crippen molar-refractivity contribution in [2.75, 3.05) is 13.7 Å². The number of hydrogen-bond acceptors (Lipinski definition) is 5. The molecule has 1 atom stereocenters. The minimum absolute atomic E-state index is 0.103. The van der Waals surface area contributed by atoms with Crippen molar-refractivity contribution >= 4 is 17.6 Å². The Kier molecular flexibility index (Phi) is 5.15. The Morgan fingerprint density at radius 3 is 2.60 bits per heavy atom. The van der Waals surface area contributed by atoms with Crippen LogP contribution in [-0.2, 0) is 9.53 Å². The highest BCUT2D eigenvalue weighted by atomic mass is 16.6. The maximum Gasteiger partial charge on any atom is 0.328 e. The first-order valence-corrected chi connectivity index (χ1v) is 5.64. The number of methoxy groups -OCH3 is 1. The number of nitrogens with zero attached hydrogens (tertiary/aromatic N) is 1. The van der Waals surface area contributed by atoms with Crippen molar-refractivity contribution in [1.82, 2.24) is 5.32 Å². The van der Waals surface area contributed by atoms with Gasteiger partial charge < -0.3 is 15.2 Å². The molecule has 0 aromatic heterocycles. The number of carbonyl (C=O) groups is 2. The van der Waals surface area contributed by atoms with Gasteiger partial charge in [0.05, 0.1) is 11.5 Å². The maximum absolute atomic E-state index is 11.9. The summed E-state index contributed by atoms with van der Waals surface area (Å²) in [6, 6.07) is 2.63. The van der Waals surface area contributed by atoms with E-state index in [0.717, 1.165) is 0 Å². The Morgan fingerprint density at radius 1 is 1.50 bits per heavy atom. The number of nitrogens with one attached hydrogen (secondary N) is 1. The van der Waals surface area contributed by atoms with E-state index in [9.17, 15) is 19.7 Å². The number of nitro benzene ring substituents is 1. The fraction of sp³-hybridized carbons (Fsp3) is 0.333. The number of carbonyl (C=O) groups excluding carboxylic acids is 1. The molecule has 0 aliphatic rings. The molecule has 0 fully saturated rings. The third kappa shape index (κ3) is 3.75. The van der Waals surface area contributed by atoms with Crippen molar-refractivity contribution in [3.63, 3.8) is 0 Å². The van der Waals surface area contributed by atoms with E-state index in [1.54, 1.807) is 0 Å². The molecule has 1 rings (SSSR count). The van der Waals surface area contributed by atoms with E-state index in [-0.39, 0.29) is 17.9 Å². The lowest BCUT2D eigenvalue weighted by atomic mass is 10.1. The van der Waals surface area contributed by atoms with Gasteiger partial charge in [0.15, 0.2) is 6.04 Å². The number of ether oxygens (including phenoxy) is 1. The molecule has 0 aliphatic carbocycles. The van der Waals surface area contributed by atoms with Crippen LogP contribution in [0.2, 0.25) is 0 Å². The Hall–Kier alpha value is -2.48. The number of hydrogen-bond donors (Lipinski definition) is 2. The zero-order valence-electron chi connectivity index (χ0n) is 11.0. The lowest BCUT2D eigenvalue weighted by Crippen LogP contribution is -2.43. The van der Waals surface area contributed by atoms with Crippen LogP contribution >= 0.6 is 0 Å². The lowest BCUT2D eigenvalue weighted by molar-refractivity contribution is -0.385. The second kappa shape index (κ2) is 6.62. The van der Waals surface area contributed by atoms with Crippen LogP contribution < -0.4 is 5.32 Å². The number of carboxylic acid groups (broad SMARTS) is 1. The summed E-state index contributed by atoms with van der Waals surface area (Å²) in [5.41, 5.74) is 0.366. The van der Waals surface area contributed by atoms with Gasteiger partial charge in [-0.25, -0.2) is 4.79 Å². The van der Waals surface area contributed by atoms with E-state index in [4.69, 9.17) is 9.84 Å². The monoisotopic (exact) mass is 282 g/mol. The summed E-state index contributed by atoms with van der Waals surface area (Å²) in [6.45, 7) is 1.33. The zero-order valence-corrected chi connectivity index (χ0v) is 11.0. The summed E-state index contributed by atoms with van der Waals surface area (Å²) in [6.07, 6.45) is 0. The fourth-order valence-corrected chi connectivity index (χ4v) is 1.58. The van der Waals surface area contributed by atoms with Crippen LogP contribution in [0, 0.1) is 17.0 Å². The highest BCUT2D eigenvalue weighted by Gasteiger charge is 2.21. The van der Waals surface area contributed by atoms with Crippen LogP contribution in [0.25, 0.3) is 0 Å². The van der Waals surface area contributed by atoms with E-state index in [2.05, 4.69) is 5.32 Å². The van der Waals surface area contributed by atoms with Gasteiger partial charge in [0.2, 0.25) is 0 Å². The molecular formula is C12H14N2O6. The first-order valence-electron chi connectivity index (χ1n) is 5.64. The summed E-state index contributed by atoms with van der Waals surface area (Å²) >= 11 is 0. The van der Waals surface area contributed by atoms with Crippen molar-refractivity contribution in [2.45, 2.75) is 13.0 Å². The minimum atomic E-state index is -1.22. The number of aryl methyl sites for hydroxylation is 1. The SMILES string of the molecule is COC[C@H](NC(=O)c1ccc([N+](=O)[O-])c(C)c1)C(=O)O. The summed E-state index contributed by atoms with van der Waals surface area (Å²) in [5.74, 6) is -1.86. The molecule has 0 heterocycles. The molecule has 108 valence electrons. The van der Waals surface area contributed by atoms with E-state index in [0.29, 0.717) is 5.56 Å². The number of nitro groups is 1. The highest BCUT2D eigenvalue weighted by Crippen LogP contribution is 2.18. The van der Waals surface area contributed by atoms with Gasteiger partial charge in [-0.1, -0.05) is 0 Å². The van der Waals surface area contributed by atoms with Gasteiger partial charge in [-0.3, -0.25) is 14.9 Å². The topological polar surface area (TPSA) is 119 Å². The van der Waals surface area contributed by atoms with Crippen LogP contribution in [0.4, 0.5) is 5.69 Å². The molecule has 0 bridgehead atoms. The average molecular weight is 282 g/mol. The quantitative estimate of drug-likeness (QED) is 0.586. The van der Waals surface area contributed by atoms with E-state index >= 15 is 0 Å². The smallest absolute Gasteiger partial charge is 0.328 e. The molecule has 0 saturated carbocycles. The standard InChI is InChI=1S/C12H14N2O6/c1-7-5-8(3-4-10(7)14(18)19)11(15)13-9(6-20-2)12(16)17/h3-5,9H,6H2,1-2H3,(H,13,15)(H,16,17)/t9-/m0/s1. The van der Waals surface area contributed by atoms with Gasteiger partial charge in [-0.15, -0.1) is 0 Å². The van der Waals surface area contributed by atoms with Gasteiger partial charge in [0, 0.05) is 24.3 Å². The third-order valence-electron chi connectivity index (χ3n) is 2.59. The first kappa shape index (κ1) is 15.6. The molecular weight excluding hydrogens is 268 g/mol. The van der Waals surface area contributed by atoms with Crippen LogP contribution in [0.5, 0.6) is 0 Å². The van der Waals surface area contributed by atoms with Crippen molar-refractivity contribution in [3.8, 4) is 0 Å². The maximum atomic E-state index is 11.9. The number of aliphatic carboxylic acids is 1. The molecule has 1 aromatic rings. The van der Waals surface area contributed by atoms with Gasteiger partial charge in [-0.2, -0.15) is 0 Å². The second-order valence-electron chi connectivity index (χ2n) is 4.08. The number of benzene rings is 1. The predicted octanol–water partition coefficient (Wildman–Crippen LogP) is 0.733. The molecule has 8 nitrogen and oxygen atoms in total. The van der Waals surface area contributed by atoms with E-state index < -0.39 is 22.8 Å². The molecule has 0 unspecified atom stereocenters. The molecule has 0 radical (unpaired) electrons. The van der Waals surface area contributed by atoms with Gasteiger partial charge >= 0.3 is 5.97 Å². The summed E-state index contributed by atoms with van der Waals surface area (Å²) in [5, 5.41) is 21.8. The first-order chi connectivity index (χ1) is 9.36. The third-order valence-corrected chi connectivity index (χ3v) is 2.59. The Labute approximate surface area is 114 Å². The summed E-state index contributed by atoms with van der Waals surface area (Å²) < 4.78 is 4.69. The van der Waals surface area contributed by atoms with Gasteiger partial charge in [0.1, 0.15) is 0 Å². The number of rotatable bonds is 6. The number of carboxylic acids is 1. The lowest BCUT2D eigenvalue weighted by Gasteiger charge is -2.13. The molecule has 1 amide bonds. The van der Waals surface area contributed by atoms with Crippen LogP contribution in [0.15, 0.2) is 18.2 Å². The Morgan fingerprint density at radius 2 is 2.15 bits per heavy atom. The van der Waals surface area contributed by atoms with Crippen LogP contribution in [0.3, 0.4) is 0 Å². The normalized spacial score (nSPS) is 11.7. The molecule has 0 aliphatic heterocycles. The molecule has 0 spiro atoms. The fourth-order valence-electron chi connectivity index (χ4n) is 1.58. The van der Waals surface area contributed by atoms with Crippen molar-refractivity contribution in [3.05, 3.63) is 39.4 Å². The average Bonchev–Trinajstić information content (AvgIpc) is 2.37. The number of amides is 1. The Balaban J connectivity index is 2.90. The van der Waals surface area contributed by atoms with E-state index in [1.807, 2.05) is 0 Å². The van der Waals surface area contributed by atoms with Crippen LogP contribution in [0.1, 0.15) is 15.9 Å².